The summed E-state index contributed by atoms with van der Waals surface area (Å²) >= 11 is 0. The van der Waals surface area contributed by atoms with E-state index in [-0.39, 0.29) is 18.8 Å². The van der Waals surface area contributed by atoms with Crippen molar-refractivity contribution >= 4 is 23.8 Å². The molecule has 3 rings (SSSR count). The molecule has 2 N–H and O–H groups in total. The summed E-state index contributed by atoms with van der Waals surface area (Å²) in [5.74, 6) is -2.95. The number of hydrogen-bond acceptors (Lipinski definition) is 7. The van der Waals surface area contributed by atoms with Gasteiger partial charge in [0, 0.05) is 26.9 Å². The molecule has 0 radical (unpaired) electrons. The smallest absolute Gasteiger partial charge is 0.303 e. The molecule has 174 valence electrons. The van der Waals surface area contributed by atoms with Crippen LogP contribution >= 0.6 is 0 Å². The van der Waals surface area contributed by atoms with Gasteiger partial charge in [0.1, 0.15) is 5.75 Å². The minimum absolute atomic E-state index is 0.0715. The van der Waals surface area contributed by atoms with Crippen molar-refractivity contribution in [3.63, 3.8) is 0 Å². The lowest BCUT2D eigenvalue weighted by atomic mass is 10.1. The maximum Gasteiger partial charge on any atom is 0.303 e. The number of ether oxygens (including phenoxy) is 2. The minimum Gasteiger partial charge on any atom is -0.508 e. The quantitative estimate of drug-likeness (QED) is 0.614. The second kappa shape index (κ2) is 10.2. The zero-order valence-corrected chi connectivity index (χ0v) is 18.6. The van der Waals surface area contributed by atoms with Gasteiger partial charge in [0.2, 0.25) is 12.2 Å². The standard InChI is InChI=1S/C24H26N2O7/c1-14(17-8-10-20(29)11-9-17)25-23(30)21(32-15(2)27)22(33-16(3)28)24(31)26-12-18-6-4-5-7-19(18)13-26/h4-11,14,21-22,29H,12-13H2,1-3H3,(H,25,30)/t14-,21-,22-/m1/s1. The number of esters is 2. The normalized spacial score (nSPS) is 15.1. The van der Waals surface area contributed by atoms with Crippen LogP contribution in [0.5, 0.6) is 5.75 Å². The number of phenolic OH excluding ortho intramolecular Hbond substituents is 1. The Labute approximate surface area is 191 Å². The van der Waals surface area contributed by atoms with Crippen LogP contribution in [0.15, 0.2) is 48.5 Å². The molecule has 2 aromatic carbocycles. The molecular formula is C24H26N2O7. The van der Waals surface area contributed by atoms with Crippen molar-refractivity contribution in [2.45, 2.75) is 52.1 Å². The van der Waals surface area contributed by atoms with Gasteiger partial charge in [0.15, 0.2) is 0 Å². The van der Waals surface area contributed by atoms with Crippen LogP contribution in [0.4, 0.5) is 0 Å². The molecule has 0 saturated heterocycles. The molecule has 1 heterocycles. The number of benzene rings is 2. The van der Waals surface area contributed by atoms with E-state index in [0.29, 0.717) is 5.56 Å². The summed E-state index contributed by atoms with van der Waals surface area (Å²) in [6.45, 7) is 4.47. The lowest BCUT2D eigenvalue weighted by Crippen LogP contribution is -2.53. The van der Waals surface area contributed by atoms with E-state index in [1.165, 1.54) is 17.0 Å². The molecule has 9 heteroatoms. The molecule has 2 amide bonds. The number of phenols is 1. The first-order valence-corrected chi connectivity index (χ1v) is 10.4. The van der Waals surface area contributed by atoms with Gasteiger partial charge in [-0.2, -0.15) is 0 Å². The molecule has 0 spiro atoms. The third-order valence-electron chi connectivity index (χ3n) is 5.27. The summed E-state index contributed by atoms with van der Waals surface area (Å²) in [5, 5.41) is 12.1. The predicted molar refractivity (Wildman–Crippen MR) is 116 cm³/mol. The Balaban J connectivity index is 1.83. The fourth-order valence-electron chi connectivity index (χ4n) is 3.66. The number of nitrogens with zero attached hydrogens (tertiary/aromatic N) is 1. The van der Waals surface area contributed by atoms with Crippen LogP contribution in [0.1, 0.15) is 43.5 Å². The van der Waals surface area contributed by atoms with Crippen molar-refractivity contribution in [1.29, 1.82) is 0 Å². The second-order valence-electron chi connectivity index (χ2n) is 7.84. The summed E-state index contributed by atoms with van der Waals surface area (Å²) < 4.78 is 10.4. The second-order valence-corrected chi connectivity index (χ2v) is 7.84. The predicted octanol–water partition coefficient (Wildman–Crippen LogP) is 1.98. The van der Waals surface area contributed by atoms with Gasteiger partial charge in [-0.25, -0.2) is 0 Å². The highest BCUT2D eigenvalue weighted by Crippen LogP contribution is 2.25. The van der Waals surface area contributed by atoms with E-state index in [9.17, 15) is 24.3 Å². The van der Waals surface area contributed by atoms with E-state index in [1.807, 2.05) is 24.3 Å². The number of nitrogens with one attached hydrogen (secondary N) is 1. The minimum atomic E-state index is -1.68. The van der Waals surface area contributed by atoms with Crippen LogP contribution in [-0.2, 0) is 41.7 Å². The number of carbonyl (C=O) groups excluding carboxylic acids is 4. The molecule has 9 nitrogen and oxygen atoms in total. The average Bonchev–Trinajstić information content (AvgIpc) is 3.20. The van der Waals surface area contributed by atoms with Crippen molar-refractivity contribution in [3.05, 3.63) is 65.2 Å². The van der Waals surface area contributed by atoms with Crippen molar-refractivity contribution in [3.8, 4) is 5.75 Å². The monoisotopic (exact) mass is 454 g/mol. The fourth-order valence-corrected chi connectivity index (χ4v) is 3.66. The first-order valence-electron chi connectivity index (χ1n) is 10.4. The van der Waals surface area contributed by atoms with Crippen LogP contribution < -0.4 is 5.32 Å². The van der Waals surface area contributed by atoms with Crippen molar-refractivity contribution in [1.82, 2.24) is 10.2 Å². The zero-order chi connectivity index (χ0) is 24.1. The van der Waals surface area contributed by atoms with Crippen LogP contribution in [0, 0.1) is 0 Å². The van der Waals surface area contributed by atoms with E-state index in [0.717, 1.165) is 25.0 Å². The van der Waals surface area contributed by atoms with Gasteiger partial charge in [-0.1, -0.05) is 36.4 Å². The molecule has 0 unspecified atom stereocenters. The molecule has 0 saturated carbocycles. The Morgan fingerprint density at radius 2 is 1.39 bits per heavy atom. The van der Waals surface area contributed by atoms with Crippen LogP contribution in [0.3, 0.4) is 0 Å². The molecule has 0 aromatic heterocycles. The van der Waals surface area contributed by atoms with Gasteiger partial charge in [0.05, 0.1) is 6.04 Å². The van der Waals surface area contributed by atoms with Gasteiger partial charge >= 0.3 is 11.9 Å². The van der Waals surface area contributed by atoms with Gasteiger partial charge in [-0.3, -0.25) is 19.2 Å². The molecule has 1 aliphatic rings. The Kier molecular flexibility index (Phi) is 7.32. The van der Waals surface area contributed by atoms with E-state index in [2.05, 4.69) is 5.32 Å². The lowest BCUT2D eigenvalue weighted by molar-refractivity contribution is -0.178. The Morgan fingerprint density at radius 1 is 0.879 bits per heavy atom. The number of carbonyl (C=O) groups is 4. The lowest BCUT2D eigenvalue weighted by Gasteiger charge is -2.29. The molecule has 0 aliphatic carbocycles. The number of amides is 2. The maximum absolute atomic E-state index is 13.3. The molecule has 0 bridgehead atoms. The Bertz CT molecular complexity index is 1030. The van der Waals surface area contributed by atoms with E-state index in [1.54, 1.807) is 19.1 Å². The molecule has 3 atom stereocenters. The third kappa shape index (κ3) is 5.88. The first kappa shape index (κ1) is 23.8. The maximum atomic E-state index is 13.3. The zero-order valence-electron chi connectivity index (χ0n) is 18.6. The summed E-state index contributed by atoms with van der Waals surface area (Å²) in [4.78, 5) is 51.4. The Hall–Kier alpha value is -3.88. The van der Waals surface area contributed by atoms with Crippen LogP contribution in [0.2, 0.25) is 0 Å². The highest BCUT2D eigenvalue weighted by Gasteiger charge is 2.43. The van der Waals surface area contributed by atoms with Gasteiger partial charge in [-0.05, 0) is 35.7 Å². The summed E-state index contributed by atoms with van der Waals surface area (Å²) in [6, 6.07) is 13.1. The molecule has 33 heavy (non-hydrogen) atoms. The molecular weight excluding hydrogens is 428 g/mol. The summed E-state index contributed by atoms with van der Waals surface area (Å²) in [5.41, 5.74) is 2.57. The van der Waals surface area contributed by atoms with Crippen LogP contribution in [0.25, 0.3) is 0 Å². The molecule has 1 aliphatic heterocycles. The van der Waals surface area contributed by atoms with E-state index < -0.39 is 42.0 Å². The van der Waals surface area contributed by atoms with Crippen molar-refractivity contribution < 1.29 is 33.8 Å². The largest absolute Gasteiger partial charge is 0.508 e. The summed E-state index contributed by atoms with van der Waals surface area (Å²) in [6.07, 6.45) is -3.32. The molecule has 0 fully saturated rings. The SMILES string of the molecule is CC(=O)O[C@@H](C(=O)N[C@H](C)c1ccc(O)cc1)[C@@H](OC(C)=O)C(=O)N1Cc2ccccc2C1. The topological polar surface area (TPSA) is 122 Å². The number of hydrogen-bond donors (Lipinski definition) is 2. The first-order chi connectivity index (χ1) is 15.7. The van der Waals surface area contributed by atoms with Gasteiger partial charge in [-0.15, -0.1) is 0 Å². The highest BCUT2D eigenvalue weighted by molar-refractivity contribution is 5.94. The van der Waals surface area contributed by atoms with E-state index in [4.69, 9.17) is 9.47 Å². The van der Waals surface area contributed by atoms with Crippen molar-refractivity contribution in [2.24, 2.45) is 0 Å². The van der Waals surface area contributed by atoms with E-state index >= 15 is 0 Å². The third-order valence-corrected chi connectivity index (χ3v) is 5.27. The van der Waals surface area contributed by atoms with Gasteiger partial charge < -0.3 is 24.8 Å². The van der Waals surface area contributed by atoms with Crippen LogP contribution in [-0.4, -0.2) is 46.0 Å². The molecule has 2 aromatic rings. The van der Waals surface area contributed by atoms with Crippen molar-refractivity contribution in [2.75, 3.05) is 0 Å². The fraction of sp³-hybridized carbons (Fsp3) is 0.333. The van der Waals surface area contributed by atoms with Gasteiger partial charge in [0.25, 0.3) is 11.8 Å². The number of aromatic hydroxyl groups is 1. The summed E-state index contributed by atoms with van der Waals surface area (Å²) in [7, 11) is 0. The Morgan fingerprint density at radius 3 is 1.91 bits per heavy atom. The number of fused-ring (bicyclic) bond motifs is 1. The highest BCUT2D eigenvalue weighted by atomic mass is 16.6. The number of rotatable bonds is 7. The average molecular weight is 454 g/mol.